The normalized spacial score (nSPS) is 17.4. The summed E-state index contributed by atoms with van der Waals surface area (Å²) in [4.78, 5) is 14.6. The van der Waals surface area contributed by atoms with E-state index in [2.05, 4.69) is 27.0 Å². The number of anilines is 1. The predicted molar refractivity (Wildman–Crippen MR) is 96.0 cm³/mol. The highest BCUT2D eigenvalue weighted by Crippen LogP contribution is 2.27. The van der Waals surface area contributed by atoms with Crippen molar-refractivity contribution in [3.8, 4) is 5.75 Å². The quantitative estimate of drug-likeness (QED) is 0.926. The van der Waals surface area contributed by atoms with Gasteiger partial charge in [0.05, 0.1) is 7.11 Å². The average Bonchev–Trinajstić information content (AvgIpc) is 3.12. The third-order valence-electron chi connectivity index (χ3n) is 4.75. The molecule has 0 unspecified atom stereocenters. The Morgan fingerprint density at radius 3 is 3.04 bits per heavy atom. The largest absolute Gasteiger partial charge is 0.497 e. The molecule has 0 radical (unpaired) electrons. The number of methoxy groups -OCH3 is 1. The number of hydrogen-bond donors (Lipinski definition) is 1. The molecule has 1 fully saturated rings. The molecule has 0 aliphatic carbocycles. The van der Waals surface area contributed by atoms with Gasteiger partial charge in [0.1, 0.15) is 17.9 Å². The molecule has 0 spiro atoms. The highest BCUT2D eigenvalue weighted by atomic mass is 16.5. The molecule has 7 heteroatoms. The molecule has 1 N–H and O–H groups in total. The van der Waals surface area contributed by atoms with Crippen LogP contribution < -0.4 is 10.1 Å². The first-order chi connectivity index (χ1) is 12.1. The smallest absolute Gasteiger partial charge is 0.321 e. The molecule has 134 valence electrons. The van der Waals surface area contributed by atoms with Crippen molar-refractivity contribution in [3.05, 3.63) is 35.9 Å². The fourth-order valence-corrected chi connectivity index (χ4v) is 3.25. The van der Waals surface area contributed by atoms with Crippen LogP contribution in [0.4, 0.5) is 10.5 Å². The number of rotatable bonds is 4. The molecule has 0 saturated carbocycles. The van der Waals surface area contributed by atoms with Crippen LogP contribution >= 0.6 is 0 Å². The number of nitrogens with one attached hydrogen (secondary N) is 1. The van der Waals surface area contributed by atoms with E-state index in [1.165, 1.54) is 0 Å². The van der Waals surface area contributed by atoms with Crippen LogP contribution in [0.2, 0.25) is 0 Å². The molecule has 2 aromatic rings. The molecule has 1 saturated heterocycles. The van der Waals surface area contributed by atoms with Crippen molar-refractivity contribution in [1.82, 2.24) is 19.7 Å². The lowest BCUT2D eigenvalue weighted by atomic mass is 9.97. The maximum atomic E-state index is 12.7. The molecule has 2 heterocycles. The van der Waals surface area contributed by atoms with Crippen LogP contribution in [0.25, 0.3) is 0 Å². The molecule has 0 bridgehead atoms. The van der Waals surface area contributed by atoms with Gasteiger partial charge >= 0.3 is 6.03 Å². The third-order valence-corrected chi connectivity index (χ3v) is 4.75. The van der Waals surface area contributed by atoms with Crippen molar-refractivity contribution in [2.75, 3.05) is 25.5 Å². The number of benzene rings is 1. The molecule has 1 aromatic heterocycles. The predicted octanol–water partition coefficient (Wildman–Crippen LogP) is 3.03. The standard InChI is InChI=1S/C18H25N5O2/c1-4-22-12-19-21-17(22)14-6-5-9-23(11-14)18(24)20-16-10-15(25-3)8-7-13(16)2/h7-8,10,12,14H,4-6,9,11H2,1-3H3,(H,20,24)/t14-/m0/s1. The first-order valence-corrected chi connectivity index (χ1v) is 8.70. The molecule has 3 rings (SSSR count). The number of urea groups is 1. The summed E-state index contributed by atoms with van der Waals surface area (Å²) in [5.41, 5.74) is 1.79. The van der Waals surface area contributed by atoms with Crippen LogP contribution in [0.15, 0.2) is 24.5 Å². The molecule has 7 nitrogen and oxygen atoms in total. The van der Waals surface area contributed by atoms with Crippen LogP contribution in [-0.2, 0) is 6.54 Å². The second kappa shape index (κ2) is 7.55. The van der Waals surface area contributed by atoms with E-state index < -0.39 is 0 Å². The minimum absolute atomic E-state index is 0.0800. The lowest BCUT2D eigenvalue weighted by Gasteiger charge is -2.32. The summed E-state index contributed by atoms with van der Waals surface area (Å²) >= 11 is 0. The molecule has 1 aliphatic rings. The Balaban J connectivity index is 1.70. The van der Waals surface area contributed by atoms with E-state index in [1.54, 1.807) is 13.4 Å². The Morgan fingerprint density at radius 1 is 1.44 bits per heavy atom. The van der Waals surface area contributed by atoms with Gasteiger partial charge in [-0.2, -0.15) is 0 Å². The summed E-state index contributed by atoms with van der Waals surface area (Å²) in [6.07, 6.45) is 3.75. The lowest BCUT2D eigenvalue weighted by molar-refractivity contribution is 0.190. The van der Waals surface area contributed by atoms with Gasteiger partial charge in [0.15, 0.2) is 0 Å². The highest BCUT2D eigenvalue weighted by Gasteiger charge is 2.28. The Labute approximate surface area is 148 Å². The van der Waals surface area contributed by atoms with Crippen molar-refractivity contribution in [2.45, 2.75) is 39.2 Å². The van der Waals surface area contributed by atoms with E-state index >= 15 is 0 Å². The third kappa shape index (κ3) is 3.75. The van der Waals surface area contributed by atoms with E-state index in [1.807, 2.05) is 30.0 Å². The Kier molecular flexibility index (Phi) is 5.21. The number of nitrogens with zero attached hydrogens (tertiary/aromatic N) is 4. The van der Waals surface area contributed by atoms with E-state index in [0.29, 0.717) is 6.54 Å². The van der Waals surface area contributed by atoms with Gasteiger partial charge < -0.3 is 19.5 Å². The minimum Gasteiger partial charge on any atom is -0.497 e. The van der Waals surface area contributed by atoms with Gasteiger partial charge in [-0.15, -0.1) is 10.2 Å². The highest BCUT2D eigenvalue weighted by molar-refractivity contribution is 5.90. The summed E-state index contributed by atoms with van der Waals surface area (Å²) in [5.74, 6) is 1.93. The zero-order valence-electron chi connectivity index (χ0n) is 15.0. The number of aryl methyl sites for hydroxylation is 2. The van der Waals surface area contributed by atoms with Crippen molar-refractivity contribution in [3.63, 3.8) is 0 Å². The second-order valence-electron chi connectivity index (χ2n) is 6.37. The summed E-state index contributed by atoms with van der Waals surface area (Å²) < 4.78 is 7.30. The zero-order chi connectivity index (χ0) is 17.8. The Morgan fingerprint density at radius 2 is 2.28 bits per heavy atom. The number of hydrogen-bond acceptors (Lipinski definition) is 4. The molecule has 2 amide bonds. The average molecular weight is 343 g/mol. The molecule has 1 aliphatic heterocycles. The number of ether oxygens (including phenoxy) is 1. The summed E-state index contributed by atoms with van der Waals surface area (Å²) in [5, 5.41) is 11.3. The van der Waals surface area contributed by atoms with Gasteiger partial charge in [0.25, 0.3) is 0 Å². The summed E-state index contributed by atoms with van der Waals surface area (Å²) in [7, 11) is 1.62. The van der Waals surface area contributed by atoms with Crippen molar-refractivity contribution < 1.29 is 9.53 Å². The number of likely N-dealkylation sites (tertiary alicyclic amines) is 1. The van der Waals surface area contributed by atoms with E-state index in [9.17, 15) is 4.79 Å². The van der Waals surface area contributed by atoms with E-state index in [-0.39, 0.29) is 11.9 Å². The molecular formula is C18H25N5O2. The van der Waals surface area contributed by atoms with Crippen LogP contribution in [0.1, 0.15) is 37.1 Å². The van der Waals surface area contributed by atoms with Gasteiger partial charge in [0, 0.05) is 37.3 Å². The van der Waals surface area contributed by atoms with Gasteiger partial charge in [-0.25, -0.2) is 4.79 Å². The van der Waals surface area contributed by atoms with Gasteiger partial charge in [0.2, 0.25) is 0 Å². The zero-order valence-corrected chi connectivity index (χ0v) is 15.0. The second-order valence-corrected chi connectivity index (χ2v) is 6.37. The summed E-state index contributed by atoms with van der Waals surface area (Å²) in [6, 6.07) is 5.60. The van der Waals surface area contributed by atoms with Crippen LogP contribution in [-0.4, -0.2) is 45.9 Å². The van der Waals surface area contributed by atoms with Crippen LogP contribution in [0.5, 0.6) is 5.75 Å². The Hall–Kier alpha value is -2.57. The number of aromatic nitrogens is 3. The summed E-state index contributed by atoms with van der Waals surface area (Å²) in [6.45, 7) is 6.30. The first-order valence-electron chi connectivity index (χ1n) is 8.70. The van der Waals surface area contributed by atoms with Crippen LogP contribution in [0.3, 0.4) is 0 Å². The maximum Gasteiger partial charge on any atom is 0.321 e. The Bertz CT molecular complexity index is 743. The monoisotopic (exact) mass is 343 g/mol. The number of amides is 2. The SMILES string of the molecule is CCn1cnnc1[C@H]1CCCN(C(=O)Nc2cc(OC)ccc2C)C1. The van der Waals surface area contributed by atoms with Gasteiger partial charge in [-0.3, -0.25) is 0 Å². The lowest BCUT2D eigenvalue weighted by Crippen LogP contribution is -2.42. The topological polar surface area (TPSA) is 72.3 Å². The maximum absolute atomic E-state index is 12.7. The first kappa shape index (κ1) is 17.3. The molecule has 25 heavy (non-hydrogen) atoms. The van der Waals surface area contributed by atoms with Gasteiger partial charge in [-0.1, -0.05) is 6.07 Å². The van der Waals surface area contributed by atoms with Crippen molar-refractivity contribution >= 4 is 11.7 Å². The number of piperidine rings is 1. The van der Waals surface area contributed by atoms with Crippen molar-refractivity contribution in [2.24, 2.45) is 0 Å². The number of carbonyl (C=O) groups is 1. The molecule has 1 atom stereocenters. The molecule has 1 aromatic carbocycles. The van der Waals surface area contributed by atoms with Crippen molar-refractivity contribution in [1.29, 1.82) is 0 Å². The fourth-order valence-electron chi connectivity index (χ4n) is 3.25. The fraction of sp³-hybridized carbons (Fsp3) is 0.500. The number of carbonyl (C=O) groups excluding carboxylic acids is 1. The minimum atomic E-state index is -0.0800. The molecular weight excluding hydrogens is 318 g/mol. The van der Waals surface area contributed by atoms with Crippen LogP contribution in [0, 0.1) is 6.92 Å². The van der Waals surface area contributed by atoms with Gasteiger partial charge in [-0.05, 0) is 38.3 Å². The van der Waals surface area contributed by atoms with E-state index in [0.717, 1.165) is 48.8 Å². The van der Waals surface area contributed by atoms with E-state index in [4.69, 9.17) is 4.74 Å².